The lowest BCUT2D eigenvalue weighted by Crippen LogP contribution is -2.33. The highest BCUT2D eigenvalue weighted by Crippen LogP contribution is 2.26. The van der Waals surface area contributed by atoms with Gasteiger partial charge in [0, 0.05) is 11.4 Å². The molecule has 1 saturated heterocycles. The first kappa shape index (κ1) is 15.6. The molecule has 0 bridgehead atoms. The Hall–Kier alpha value is -1.25. The molecule has 1 aliphatic heterocycles. The molecule has 0 atom stereocenters. The smallest absolute Gasteiger partial charge is 0.0233 e. The van der Waals surface area contributed by atoms with E-state index in [2.05, 4.69) is 65.6 Å². The quantitative estimate of drug-likeness (QED) is 0.684. The summed E-state index contributed by atoms with van der Waals surface area (Å²) in [6, 6.07) is 21.6. The summed E-state index contributed by atoms with van der Waals surface area (Å²) in [5.41, 5.74) is 1.44. The Kier molecular flexibility index (Phi) is 5.97. The zero-order valence-corrected chi connectivity index (χ0v) is 14.0. The molecule has 1 nitrogen and oxygen atoms in total. The molecular formula is C20H25NS. The predicted octanol–water partition coefficient (Wildman–Crippen LogP) is 5.08. The Balaban J connectivity index is 1.35. The lowest BCUT2D eigenvalue weighted by molar-refractivity contribution is 0.175. The molecule has 3 rings (SSSR count). The van der Waals surface area contributed by atoms with E-state index in [0.29, 0.717) is 0 Å². The van der Waals surface area contributed by atoms with E-state index in [1.807, 2.05) is 11.8 Å². The maximum absolute atomic E-state index is 2.61. The van der Waals surface area contributed by atoms with Crippen molar-refractivity contribution in [3.05, 3.63) is 66.2 Å². The zero-order valence-electron chi connectivity index (χ0n) is 13.2. The highest BCUT2D eigenvalue weighted by molar-refractivity contribution is 7.99. The standard InChI is InChI=1S/C20H25NS/c1-3-7-19(8-4-1)17-21-14-11-18(12-15-21)13-16-22-20-9-5-2-6-10-20/h1-10,18H,11-17H2. The molecule has 0 saturated carbocycles. The molecule has 1 aliphatic rings. The van der Waals surface area contributed by atoms with Crippen LogP contribution in [0.5, 0.6) is 0 Å². The third kappa shape index (κ3) is 4.89. The first-order valence-electron chi connectivity index (χ1n) is 8.34. The van der Waals surface area contributed by atoms with Gasteiger partial charge in [0.1, 0.15) is 0 Å². The Bertz CT molecular complexity index is 532. The number of benzene rings is 2. The number of thioether (sulfide) groups is 1. The van der Waals surface area contributed by atoms with Gasteiger partial charge in [-0.2, -0.15) is 0 Å². The minimum atomic E-state index is 0.920. The van der Waals surface area contributed by atoms with Crippen molar-refractivity contribution in [1.82, 2.24) is 4.90 Å². The molecule has 0 N–H and O–H groups in total. The Morgan fingerprint density at radius 3 is 2.18 bits per heavy atom. The van der Waals surface area contributed by atoms with Crippen molar-refractivity contribution in [3.8, 4) is 0 Å². The van der Waals surface area contributed by atoms with E-state index in [4.69, 9.17) is 0 Å². The monoisotopic (exact) mass is 311 g/mol. The third-order valence-corrected chi connectivity index (χ3v) is 5.54. The summed E-state index contributed by atoms with van der Waals surface area (Å²) in [5, 5.41) is 0. The van der Waals surface area contributed by atoms with Crippen molar-refractivity contribution in [2.45, 2.75) is 30.7 Å². The molecule has 1 heterocycles. The fourth-order valence-electron chi connectivity index (χ4n) is 3.14. The van der Waals surface area contributed by atoms with Crippen molar-refractivity contribution >= 4 is 11.8 Å². The lowest BCUT2D eigenvalue weighted by Gasteiger charge is -2.32. The molecule has 0 aliphatic carbocycles. The zero-order chi connectivity index (χ0) is 15.0. The highest BCUT2D eigenvalue weighted by Gasteiger charge is 2.18. The van der Waals surface area contributed by atoms with Gasteiger partial charge in [-0.05, 0) is 61.7 Å². The fraction of sp³-hybridized carbons (Fsp3) is 0.400. The van der Waals surface area contributed by atoms with Gasteiger partial charge in [-0.1, -0.05) is 48.5 Å². The number of likely N-dealkylation sites (tertiary alicyclic amines) is 1. The second kappa shape index (κ2) is 8.40. The number of hydrogen-bond acceptors (Lipinski definition) is 2. The first-order chi connectivity index (χ1) is 10.9. The van der Waals surface area contributed by atoms with Crippen LogP contribution in [0.1, 0.15) is 24.8 Å². The van der Waals surface area contributed by atoms with E-state index < -0.39 is 0 Å². The van der Waals surface area contributed by atoms with Gasteiger partial charge in [0.05, 0.1) is 0 Å². The molecule has 1 fully saturated rings. The number of nitrogens with zero attached hydrogens (tertiary/aromatic N) is 1. The van der Waals surface area contributed by atoms with Crippen molar-refractivity contribution in [2.24, 2.45) is 5.92 Å². The third-order valence-electron chi connectivity index (χ3n) is 4.49. The second-order valence-electron chi connectivity index (χ2n) is 6.16. The molecule has 22 heavy (non-hydrogen) atoms. The molecule has 0 radical (unpaired) electrons. The van der Waals surface area contributed by atoms with Gasteiger partial charge in [-0.15, -0.1) is 11.8 Å². The summed E-state index contributed by atoms with van der Waals surface area (Å²) in [6.45, 7) is 3.64. The van der Waals surface area contributed by atoms with Crippen LogP contribution in [-0.4, -0.2) is 23.7 Å². The summed E-state index contributed by atoms with van der Waals surface area (Å²) in [7, 11) is 0. The van der Waals surface area contributed by atoms with Gasteiger partial charge in [-0.25, -0.2) is 0 Å². The van der Waals surface area contributed by atoms with E-state index in [0.717, 1.165) is 12.5 Å². The average molecular weight is 311 g/mol. The predicted molar refractivity (Wildman–Crippen MR) is 96.2 cm³/mol. The summed E-state index contributed by atoms with van der Waals surface area (Å²) in [6.07, 6.45) is 4.09. The van der Waals surface area contributed by atoms with Gasteiger partial charge in [0.2, 0.25) is 0 Å². The molecule has 0 aromatic heterocycles. The molecule has 0 spiro atoms. The minimum Gasteiger partial charge on any atom is -0.299 e. The van der Waals surface area contributed by atoms with Crippen LogP contribution in [0.3, 0.4) is 0 Å². The normalized spacial score (nSPS) is 16.7. The van der Waals surface area contributed by atoms with Crippen LogP contribution in [0.2, 0.25) is 0 Å². The number of hydrogen-bond donors (Lipinski definition) is 0. The van der Waals surface area contributed by atoms with Crippen molar-refractivity contribution in [1.29, 1.82) is 0 Å². The van der Waals surface area contributed by atoms with Crippen molar-refractivity contribution < 1.29 is 0 Å². The van der Waals surface area contributed by atoms with Gasteiger partial charge in [-0.3, -0.25) is 4.90 Å². The van der Waals surface area contributed by atoms with E-state index in [-0.39, 0.29) is 0 Å². The number of piperidine rings is 1. The SMILES string of the molecule is c1ccc(CN2CCC(CCSc3ccccc3)CC2)cc1. The molecule has 2 heteroatoms. The maximum atomic E-state index is 2.61. The Morgan fingerprint density at radius 1 is 0.864 bits per heavy atom. The van der Waals surface area contributed by atoms with Gasteiger partial charge in [0.15, 0.2) is 0 Å². The van der Waals surface area contributed by atoms with E-state index >= 15 is 0 Å². The molecule has 116 valence electrons. The fourth-order valence-corrected chi connectivity index (χ4v) is 4.17. The van der Waals surface area contributed by atoms with Crippen LogP contribution in [-0.2, 0) is 6.54 Å². The van der Waals surface area contributed by atoms with Crippen molar-refractivity contribution in [3.63, 3.8) is 0 Å². The minimum absolute atomic E-state index is 0.920. The maximum Gasteiger partial charge on any atom is 0.0233 e. The van der Waals surface area contributed by atoms with Gasteiger partial charge < -0.3 is 0 Å². The summed E-state index contributed by atoms with van der Waals surface area (Å²) < 4.78 is 0. The molecular weight excluding hydrogens is 286 g/mol. The van der Waals surface area contributed by atoms with Crippen LogP contribution in [0.4, 0.5) is 0 Å². The summed E-state index contributed by atoms with van der Waals surface area (Å²) in [4.78, 5) is 4.01. The summed E-state index contributed by atoms with van der Waals surface area (Å²) >= 11 is 2.00. The van der Waals surface area contributed by atoms with E-state index in [9.17, 15) is 0 Å². The van der Waals surface area contributed by atoms with E-state index in [1.165, 1.54) is 48.6 Å². The second-order valence-corrected chi connectivity index (χ2v) is 7.32. The molecule has 0 amide bonds. The lowest BCUT2D eigenvalue weighted by atomic mass is 9.94. The Morgan fingerprint density at radius 2 is 1.50 bits per heavy atom. The van der Waals surface area contributed by atoms with Crippen LogP contribution in [0.25, 0.3) is 0 Å². The van der Waals surface area contributed by atoms with Gasteiger partial charge in [0.25, 0.3) is 0 Å². The van der Waals surface area contributed by atoms with Crippen LogP contribution in [0, 0.1) is 5.92 Å². The topological polar surface area (TPSA) is 3.24 Å². The first-order valence-corrected chi connectivity index (χ1v) is 9.33. The molecule has 0 unspecified atom stereocenters. The number of rotatable bonds is 6. The van der Waals surface area contributed by atoms with Gasteiger partial charge >= 0.3 is 0 Å². The largest absolute Gasteiger partial charge is 0.299 e. The average Bonchev–Trinajstić information content (AvgIpc) is 2.58. The van der Waals surface area contributed by atoms with E-state index in [1.54, 1.807) is 0 Å². The molecule has 2 aromatic carbocycles. The molecule has 2 aromatic rings. The highest BCUT2D eigenvalue weighted by atomic mass is 32.2. The summed E-state index contributed by atoms with van der Waals surface area (Å²) in [5.74, 6) is 2.18. The Labute approximate surface area is 138 Å². The van der Waals surface area contributed by atoms with Crippen LogP contribution in [0.15, 0.2) is 65.6 Å². The van der Waals surface area contributed by atoms with Crippen LogP contribution < -0.4 is 0 Å². The van der Waals surface area contributed by atoms with Crippen molar-refractivity contribution in [2.75, 3.05) is 18.8 Å². The van der Waals surface area contributed by atoms with Crippen LogP contribution >= 0.6 is 11.8 Å².